The van der Waals surface area contributed by atoms with Crippen molar-refractivity contribution in [2.24, 2.45) is 7.05 Å². The van der Waals surface area contributed by atoms with Gasteiger partial charge in [-0.25, -0.2) is 4.98 Å². The summed E-state index contributed by atoms with van der Waals surface area (Å²) in [5.74, 6) is 0.793. The van der Waals surface area contributed by atoms with Crippen molar-refractivity contribution in [1.82, 2.24) is 24.7 Å². The molecule has 1 amide bonds. The van der Waals surface area contributed by atoms with Gasteiger partial charge in [0.2, 0.25) is 0 Å². The van der Waals surface area contributed by atoms with Crippen molar-refractivity contribution >= 4 is 11.7 Å². The van der Waals surface area contributed by atoms with Gasteiger partial charge >= 0.3 is 0 Å². The van der Waals surface area contributed by atoms with Crippen LogP contribution in [-0.2, 0) is 7.05 Å². The number of hydrogen-bond donors (Lipinski definition) is 1. The number of benzene rings is 1. The van der Waals surface area contributed by atoms with E-state index in [1.54, 1.807) is 23.1 Å². The number of aryl methyl sites for hydroxylation is 2. The second-order valence-corrected chi connectivity index (χ2v) is 7.71. The lowest BCUT2D eigenvalue weighted by Gasteiger charge is -2.15. The SMILES string of the molecule is Cc1ccncc1C(=O)Nc1cnc(-c2cc(-c3cnn(C)c3)ccc2OC(C)C)cn1. The van der Waals surface area contributed by atoms with Crippen molar-refractivity contribution in [3.8, 4) is 28.1 Å². The molecule has 0 saturated carbocycles. The van der Waals surface area contributed by atoms with Gasteiger partial charge in [0.05, 0.1) is 36.0 Å². The smallest absolute Gasteiger partial charge is 0.258 e. The molecular formula is C24H24N6O2. The monoisotopic (exact) mass is 428 g/mol. The summed E-state index contributed by atoms with van der Waals surface area (Å²) in [6, 6.07) is 7.72. The lowest BCUT2D eigenvalue weighted by Crippen LogP contribution is -2.14. The lowest BCUT2D eigenvalue weighted by atomic mass is 10.0. The van der Waals surface area contributed by atoms with Crippen molar-refractivity contribution in [1.29, 1.82) is 0 Å². The molecule has 0 saturated heterocycles. The zero-order valence-corrected chi connectivity index (χ0v) is 18.4. The van der Waals surface area contributed by atoms with Gasteiger partial charge in [0, 0.05) is 36.8 Å². The molecule has 0 aliphatic heterocycles. The molecule has 162 valence electrons. The van der Waals surface area contributed by atoms with E-state index >= 15 is 0 Å². The van der Waals surface area contributed by atoms with Crippen molar-refractivity contribution in [2.45, 2.75) is 26.9 Å². The van der Waals surface area contributed by atoms with Gasteiger partial charge in [0.15, 0.2) is 5.82 Å². The van der Waals surface area contributed by atoms with Crippen LogP contribution in [0.2, 0.25) is 0 Å². The van der Waals surface area contributed by atoms with E-state index in [1.807, 2.05) is 58.4 Å². The molecule has 0 spiro atoms. The van der Waals surface area contributed by atoms with Crippen LogP contribution in [0.1, 0.15) is 29.8 Å². The fraction of sp³-hybridized carbons (Fsp3) is 0.208. The minimum atomic E-state index is -0.278. The van der Waals surface area contributed by atoms with Gasteiger partial charge < -0.3 is 10.1 Å². The van der Waals surface area contributed by atoms with Crippen molar-refractivity contribution < 1.29 is 9.53 Å². The van der Waals surface area contributed by atoms with Crippen LogP contribution in [0.5, 0.6) is 5.75 Å². The summed E-state index contributed by atoms with van der Waals surface area (Å²) in [5, 5.41) is 7.02. The number of nitrogens with zero attached hydrogens (tertiary/aromatic N) is 5. The first-order valence-electron chi connectivity index (χ1n) is 10.2. The van der Waals surface area contributed by atoms with Gasteiger partial charge in [-0.3, -0.25) is 19.4 Å². The molecule has 1 N–H and O–H groups in total. The van der Waals surface area contributed by atoms with Crippen LogP contribution in [0, 0.1) is 6.92 Å². The maximum Gasteiger partial charge on any atom is 0.258 e. The normalized spacial score (nSPS) is 10.9. The Morgan fingerprint density at radius 3 is 2.56 bits per heavy atom. The number of carbonyl (C=O) groups excluding carboxylic acids is 1. The zero-order valence-electron chi connectivity index (χ0n) is 18.4. The molecular weight excluding hydrogens is 404 g/mol. The Bertz CT molecular complexity index is 1250. The molecule has 0 unspecified atom stereocenters. The number of carbonyl (C=O) groups is 1. The highest BCUT2D eigenvalue weighted by Crippen LogP contribution is 2.34. The van der Waals surface area contributed by atoms with E-state index in [-0.39, 0.29) is 12.0 Å². The highest BCUT2D eigenvalue weighted by atomic mass is 16.5. The van der Waals surface area contributed by atoms with Crippen LogP contribution in [0.25, 0.3) is 22.4 Å². The molecule has 3 heterocycles. The van der Waals surface area contributed by atoms with Crippen molar-refractivity contribution in [2.75, 3.05) is 5.32 Å². The van der Waals surface area contributed by atoms with E-state index in [4.69, 9.17) is 4.74 Å². The Balaban J connectivity index is 1.63. The van der Waals surface area contributed by atoms with E-state index in [1.165, 1.54) is 12.4 Å². The highest BCUT2D eigenvalue weighted by molar-refractivity contribution is 6.04. The van der Waals surface area contributed by atoms with E-state index in [2.05, 4.69) is 25.4 Å². The third kappa shape index (κ3) is 4.64. The summed E-state index contributed by atoms with van der Waals surface area (Å²) in [7, 11) is 1.88. The third-order valence-corrected chi connectivity index (χ3v) is 4.83. The standard InChI is InChI=1S/C24H24N6O2/c1-15(2)32-22-6-5-17(18-10-28-30(4)14-18)9-19(22)21-12-27-23(13-26-21)29-24(31)20-11-25-8-7-16(20)3/h5-15H,1-4H3,(H,27,29,31). The molecule has 32 heavy (non-hydrogen) atoms. The van der Waals surface area contributed by atoms with Crippen LogP contribution in [0.3, 0.4) is 0 Å². The number of anilines is 1. The van der Waals surface area contributed by atoms with Gasteiger partial charge in [-0.05, 0) is 50.1 Å². The van der Waals surface area contributed by atoms with E-state index in [0.29, 0.717) is 22.8 Å². The summed E-state index contributed by atoms with van der Waals surface area (Å²) >= 11 is 0. The number of hydrogen-bond acceptors (Lipinski definition) is 6. The van der Waals surface area contributed by atoms with E-state index in [9.17, 15) is 4.79 Å². The first kappa shape index (κ1) is 21.2. The molecule has 3 aromatic heterocycles. The number of amides is 1. The minimum Gasteiger partial charge on any atom is -0.490 e. The molecule has 0 radical (unpaired) electrons. The minimum absolute atomic E-state index is 0.00670. The van der Waals surface area contributed by atoms with E-state index < -0.39 is 0 Å². The zero-order chi connectivity index (χ0) is 22.7. The number of rotatable bonds is 6. The fourth-order valence-corrected chi connectivity index (χ4v) is 3.25. The number of pyridine rings is 1. The van der Waals surface area contributed by atoms with Gasteiger partial charge in [-0.1, -0.05) is 6.07 Å². The van der Waals surface area contributed by atoms with Crippen LogP contribution < -0.4 is 10.1 Å². The first-order valence-corrected chi connectivity index (χ1v) is 10.2. The molecule has 1 aromatic carbocycles. The molecule has 0 aliphatic rings. The number of aromatic nitrogens is 5. The predicted molar refractivity (Wildman–Crippen MR) is 122 cm³/mol. The number of nitrogens with one attached hydrogen (secondary N) is 1. The van der Waals surface area contributed by atoms with Crippen LogP contribution in [-0.4, -0.2) is 36.7 Å². The van der Waals surface area contributed by atoms with Crippen molar-refractivity contribution in [3.05, 3.63) is 72.6 Å². The Kier molecular flexibility index (Phi) is 5.93. The quantitative estimate of drug-likeness (QED) is 0.492. The second kappa shape index (κ2) is 8.97. The maximum atomic E-state index is 12.5. The summed E-state index contributed by atoms with van der Waals surface area (Å²) in [6.07, 6.45) is 10.1. The average molecular weight is 428 g/mol. The van der Waals surface area contributed by atoms with Gasteiger partial charge in [-0.15, -0.1) is 0 Å². The summed E-state index contributed by atoms with van der Waals surface area (Å²) in [4.78, 5) is 25.5. The van der Waals surface area contributed by atoms with Crippen molar-refractivity contribution in [3.63, 3.8) is 0 Å². The van der Waals surface area contributed by atoms with E-state index in [0.717, 1.165) is 22.3 Å². The Labute approximate surface area is 186 Å². The summed E-state index contributed by atoms with van der Waals surface area (Å²) < 4.78 is 7.76. The molecule has 0 aliphatic carbocycles. The summed E-state index contributed by atoms with van der Waals surface area (Å²) in [6.45, 7) is 5.81. The Morgan fingerprint density at radius 1 is 1.06 bits per heavy atom. The average Bonchev–Trinajstić information content (AvgIpc) is 3.21. The molecule has 0 fully saturated rings. The fourth-order valence-electron chi connectivity index (χ4n) is 3.25. The molecule has 4 aromatic rings. The lowest BCUT2D eigenvalue weighted by molar-refractivity contribution is 0.102. The van der Waals surface area contributed by atoms with Gasteiger partial charge in [0.25, 0.3) is 5.91 Å². The Morgan fingerprint density at radius 2 is 1.91 bits per heavy atom. The Hall–Kier alpha value is -4.07. The first-order chi connectivity index (χ1) is 15.4. The predicted octanol–water partition coefficient (Wildman–Crippen LogP) is 4.29. The highest BCUT2D eigenvalue weighted by Gasteiger charge is 2.14. The topological polar surface area (TPSA) is 94.8 Å². The van der Waals surface area contributed by atoms with Crippen LogP contribution in [0.4, 0.5) is 5.82 Å². The molecule has 0 atom stereocenters. The molecule has 4 rings (SSSR count). The van der Waals surface area contributed by atoms with Gasteiger partial charge in [-0.2, -0.15) is 5.10 Å². The second-order valence-electron chi connectivity index (χ2n) is 7.71. The van der Waals surface area contributed by atoms with Gasteiger partial charge in [0.1, 0.15) is 5.75 Å². The maximum absolute atomic E-state index is 12.5. The largest absolute Gasteiger partial charge is 0.490 e. The molecule has 8 nitrogen and oxygen atoms in total. The number of ether oxygens (including phenoxy) is 1. The molecule has 8 heteroatoms. The molecule has 0 bridgehead atoms. The van der Waals surface area contributed by atoms with Crippen LogP contribution in [0.15, 0.2) is 61.4 Å². The summed E-state index contributed by atoms with van der Waals surface area (Å²) in [5.41, 5.74) is 4.78. The third-order valence-electron chi connectivity index (χ3n) is 4.83. The van der Waals surface area contributed by atoms with Crippen LogP contribution >= 0.6 is 0 Å².